The Bertz CT molecular complexity index is 836. The summed E-state index contributed by atoms with van der Waals surface area (Å²) in [6.45, 7) is 3.60. The molecular weight excluding hydrogens is 376 g/mol. The summed E-state index contributed by atoms with van der Waals surface area (Å²) in [5.74, 6) is 0.316. The van der Waals surface area contributed by atoms with Crippen molar-refractivity contribution in [3.05, 3.63) is 59.3 Å². The largest absolute Gasteiger partial charge is 0.480 e. The lowest BCUT2D eigenvalue weighted by Gasteiger charge is -2.43. The number of likely N-dealkylation sites (tertiary alicyclic amines) is 1. The molecule has 2 aliphatic rings. The monoisotopic (exact) mass is 408 g/mol. The van der Waals surface area contributed by atoms with Crippen molar-refractivity contribution < 1.29 is 9.90 Å². The predicted octanol–water partition coefficient (Wildman–Crippen LogP) is 3.25. The zero-order valence-corrected chi connectivity index (χ0v) is 17.5. The van der Waals surface area contributed by atoms with Crippen molar-refractivity contribution in [2.24, 2.45) is 0 Å². The first kappa shape index (κ1) is 20.8. The van der Waals surface area contributed by atoms with Gasteiger partial charge < -0.3 is 15.7 Å². The summed E-state index contributed by atoms with van der Waals surface area (Å²) in [5, 5.41) is 16.6. The number of unbranched alkanes of at least 4 members (excludes halogenated alkanes) is 2. The molecule has 6 heteroatoms. The molecule has 4 rings (SSSR count). The van der Waals surface area contributed by atoms with Crippen LogP contribution in [-0.2, 0) is 17.6 Å². The lowest BCUT2D eigenvalue weighted by atomic mass is 9.99. The highest BCUT2D eigenvalue weighted by Gasteiger charge is 2.36. The van der Waals surface area contributed by atoms with Crippen molar-refractivity contribution in [3.63, 3.8) is 0 Å². The molecule has 0 amide bonds. The topological polar surface area (TPSA) is 77.5 Å². The molecule has 0 saturated carbocycles. The molecule has 1 unspecified atom stereocenters. The normalized spacial score (nSPS) is 17.6. The van der Waals surface area contributed by atoms with Crippen molar-refractivity contribution in [2.75, 3.05) is 31.5 Å². The highest BCUT2D eigenvalue weighted by atomic mass is 16.4. The second-order valence-corrected chi connectivity index (χ2v) is 8.41. The molecule has 2 aromatic rings. The number of nitrogens with zero attached hydrogens (tertiary/aromatic N) is 2. The standard InChI is InChI=1S/C24H32N4O2/c29-24(30)22(18-8-3-1-4-9-18)28-16-21(17-28)25-14-6-2-5-11-20-13-12-19-10-7-15-26-23(19)27-20/h1,3-4,8-9,12-13,21-22,25H,2,5-7,10-11,14-17H2,(H,26,27)(H,29,30). The van der Waals surface area contributed by atoms with Gasteiger partial charge in [0.15, 0.2) is 0 Å². The summed E-state index contributed by atoms with van der Waals surface area (Å²) in [4.78, 5) is 18.5. The Hall–Kier alpha value is -2.44. The number of aryl methyl sites for hydroxylation is 2. The number of nitrogens with one attached hydrogen (secondary N) is 2. The van der Waals surface area contributed by atoms with Crippen molar-refractivity contribution in [1.82, 2.24) is 15.2 Å². The molecule has 30 heavy (non-hydrogen) atoms. The molecule has 0 spiro atoms. The first-order chi connectivity index (χ1) is 14.7. The average molecular weight is 409 g/mol. The van der Waals surface area contributed by atoms with Gasteiger partial charge in [-0.2, -0.15) is 0 Å². The molecule has 6 nitrogen and oxygen atoms in total. The Labute approximate surface area is 178 Å². The van der Waals surface area contributed by atoms with Crippen LogP contribution in [-0.4, -0.2) is 53.2 Å². The molecule has 0 radical (unpaired) electrons. The fraction of sp³-hybridized carbons (Fsp3) is 0.500. The van der Waals surface area contributed by atoms with E-state index in [1.54, 1.807) is 0 Å². The molecule has 1 aromatic carbocycles. The molecule has 2 aliphatic heterocycles. The van der Waals surface area contributed by atoms with Crippen LogP contribution in [0.1, 0.15) is 48.5 Å². The summed E-state index contributed by atoms with van der Waals surface area (Å²) in [5.41, 5.74) is 3.39. The Kier molecular flexibility index (Phi) is 6.97. The fourth-order valence-corrected chi connectivity index (χ4v) is 4.42. The number of pyridine rings is 1. The maximum atomic E-state index is 11.7. The van der Waals surface area contributed by atoms with E-state index in [1.807, 2.05) is 35.2 Å². The highest BCUT2D eigenvalue weighted by Crippen LogP contribution is 2.26. The van der Waals surface area contributed by atoms with Gasteiger partial charge in [0.2, 0.25) is 0 Å². The SMILES string of the molecule is O=C(O)C(c1ccccc1)N1CC(NCCCCCc2ccc3c(n2)NCCC3)C1. The molecule has 160 valence electrons. The van der Waals surface area contributed by atoms with E-state index >= 15 is 0 Å². The Morgan fingerprint density at radius 1 is 1.17 bits per heavy atom. The van der Waals surface area contributed by atoms with Crippen LogP contribution in [0.3, 0.4) is 0 Å². The van der Waals surface area contributed by atoms with E-state index in [9.17, 15) is 9.90 Å². The minimum atomic E-state index is -0.773. The summed E-state index contributed by atoms with van der Waals surface area (Å²) in [6.07, 6.45) is 6.84. The number of carboxylic acids is 1. The zero-order valence-electron chi connectivity index (χ0n) is 17.5. The first-order valence-corrected chi connectivity index (χ1v) is 11.2. The van der Waals surface area contributed by atoms with Crippen LogP contribution >= 0.6 is 0 Å². The van der Waals surface area contributed by atoms with Crippen LogP contribution in [0.5, 0.6) is 0 Å². The van der Waals surface area contributed by atoms with Gasteiger partial charge in [-0.15, -0.1) is 0 Å². The average Bonchev–Trinajstić information content (AvgIpc) is 2.74. The van der Waals surface area contributed by atoms with Gasteiger partial charge in [-0.3, -0.25) is 9.69 Å². The quantitative estimate of drug-likeness (QED) is 0.524. The van der Waals surface area contributed by atoms with E-state index in [0.29, 0.717) is 6.04 Å². The Balaban J connectivity index is 1.11. The van der Waals surface area contributed by atoms with Gasteiger partial charge in [-0.1, -0.05) is 42.8 Å². The summed E-state index contributed by atoms with van der Waals surface area (Å²) < 4.78 is 0. The number of fused-ring (bicyclic) bond motifs is 1. The third kappa shape index (κ3) is 5.18. The van der Waals surface area contributed by atoms with Crippen LogP contribution in [0.25, 0.3) is 0 Å². The van der Waals surface area contributed by atoms with Crippen LogP contribution in [0.4, 0.5) is 5.82 Å². The van der Waals surface area contributed by atoms with E-state index in [2.05, 4.69) is 22.8 Å². The zero-order chi connectivity index (χ0) is 20.8. The predicted molar refractivity (Wildman–Crippen MR) is 119 cm³/mol. The van der Waals surface area contributed by atoms with E-state index < -0.39 is 12.0 Å². The van der Waals surface area contributed by atoms with E-state index in [1.165, 1.54) is 24.1 Å². The molecular formula is C24H32N4O2. The number of benzene rings is 1. The second-order valence-electron chi connectivity index (χ2n) is 8.41. The molecule has 3 N–H and O–H groups in total. The highest BCUT2D eigenvalue weighted by molar-refractivity contribution is 5.75. The van der Waals surface area contributed by atoms with Crippen molar-refractivity contribution in [3.8, 4) is 0 Å². The van der Waals surface area contributed by atoms with Gasteiger partial charge in [0, 0.05) is 31.4 Å². The summed E-state index contributed by atoms with van der Waals surface area (Å²) in [7, 11) is 0. The Morgan fingerprint density at radius 2 is 2.00 bits per heavy atom. The van der Waals surface area contributed by atoms with Crippen molar-refractivity contribution in [2.45, 2.75) is 50.6 Å². The third-order valence-electron chi connectivity index (χ3n) is 6.12. The number of anilines is 1. The number of hydrogen-bond donors (Lipinski definition) is 3. The lowest BCUT2D eigenvalue weighted by molar-refractivity contribution is -0.145. The summed E-state index contributed by atoms with van der Waals surface area (Å²) in [6, 6.07) is 13.8. The van der Waals surface area contributed by atoms with E-state index in [0.717, 1.165) is 63.2 Å². The van der Waals surface area contributed by atoms with Crippen LogP contribution < -0.4 is 10.6 Å². The van der Waals surface area contributed by atoms with Crippen LogP contribution in [0.2, 0.25) is 0 Å². The number of aromatic nitrogens is 1. The molecule has 1 aromatic heterocycles. The van der Waals surface area contributed by atoms with Crippen LogP contribution in [0, 0.1) is 0 Å². The van der Waals surface area contributed by atoms with Gasteiger partial charge >= 0.3 is 5.97 Å². The third-order valence-corrected chi connectivity index (χ3v) is 6.12. The van der Waals surface area contributed by atoms with Crippen molar-refractivity contribution in [1.29, 1.82) is 0 Å². The molecule has 1 atom stereocenters. The van der Waals surface area contributed by atoms with Crippen molar-refractivity contribution >= 4 is 11.8 Å². The fourth-order valence-electron chi connectivity index (χ4n) is 4.42. The summed E-state index contributed by atoms with van der Waals surface area (Å²) >= 11 is 0. The molecule has 1 fully saturated rings. The van der Waals surface area contributed by atoms with Crippen LogP contribution in [0.15, 0.2) is 42.5 Å². The molecule has 1 saturated heterocycles. The van der Waals surface area contributed by atoms with Gasteiger partial charge in [0.05, 0.1) is 0 Å². The molecule has 3 heterocycles. The smallest absolute Gasteiger partial charge is 0.325 e. The van der Waals surface area contributed by atoms with E-state index in [-0.39, 0.29) is 0 Å². The van der Waals surface area contributed by atoms with Gasteiger partial charge in [0.1, 0.15) is 11.9 Å². The minimum Gasteiger partial charge on any atom is -0.480 e. The second kappa shape index (κ2) is 10.0. The molecule has 0 bridgehead atoms. The van der Waals surface area contributed by atoms with Gasteiger partial charge in [0.25, 0.3) is 0 Å². The molecule has 0 aliphatic carbocycles. The van der Waals surface area contributed by atoms with E-state index in [4.69, 9.17) is 4.98 Å². The minimum absolute atomic E-state index is 0.393. The van der Waals surface area contributed by atoms with Gasteiger partial charge in [-0.25, -0.2) is 4.98 Å². The number of aliphatic carboxylic acids is 1. The maximum absolute atomic E-state index is 11.7. The van der Waals surface area contributed by atoms with Gasteiger partial charge in [-0.05, 0) is 55.8 Å². The lowest BCUT2D eigenvalue weighted by Crippen LogP contribution is -2.60. The number of carbonyl (C=O) groups is 1. The number of carboxylic acid groups (broad SMARTS) is 1. The Morgan fingerprint density at radius 3 is 2.80 bits per heavy atom. The number of rotatable bonds is 10. The first-order valence-electron chi connectivity index (χ1n) is 11.2. The maximum Gasteiger partial charge on any atom is 0.325 e. The number of hydrogen-bond acceptors (Lipinski definition) is 5.